The number of fused-ring (bicyclic) bond motifs is 1. The van der Waals surface area contributed by atoms with Crippen molar-refractivity contribution in [1.29, 1.82) is 0 Å². The van der Waals surface area contributed by atoms with Crippen molar-refractivity contribution in [3.63, 3.8) is 0 Å². The second-order valence-corrected chi connectivity index (χ2v) is 11.6. The molecule has 0 spiro atoms. The number of hydrazine groups is 1. The number of pyridine rings is 1. The Bertz CT molecular complexity index is 1770. The lowest BCUT2D eigenvalue weighted by molar-refractivity contribution is 0.0267. The zero-order valence-corrected chi connectivity index (χ0v) is 25.4. The Morgan fingerprint density at radius 2 is 1.80 bits per heavy atom. The van der Waals surface area contributed by atoms with Gasteiger partial charge in [0.15, 0.2) is 0 Å². The quantitative estimate of drug-likeness (QED) is 0.294. The van der Waals surface area contributed by atoms with Gasteiger partial charge >= 0.3 is 6.09 Å². The van der Waals surface area contributed by atoms with Gasteiger partial charge in [-0.3, -0.25) is 14.4 Å². The number of hydrogen-bond acceptors (Lipinski definition) is 9. The summed E-state index contributed by atoms with van der Waals surface area (Å²) in [6.07, 6.45) is 0.606. The van der Waals surface area contributed by atoms with Gasteiger partial charge in [0.05, 0.1) is 12.6 Å². The molecular formula is C30H31ClN6O7. The van der Waals surface area contributed by atoms with Crippen molar-refractivity contribution in [3.05, 3.63) is 74.9 Å². The van der Waals surface area contributed by atoms with Crippen molar-refractivity contribution >= 4 is 40.4 Å². The summed E-state index contributed by atoms with van der Waals surface area (Å²) in [5.74, 6) is -0.786. The van der Waals surface area contributed by atoms with Crippen LogP contribution in [0.15, 0.2) is 51.7 Å². The number of carbonyl (C=O) groups excluding carboxylic acids is 3. The smallest absolute Gasteiger partial charge is 0.426 e. The molecule has 1 aliphatic rings. The molecule has 1 fully saturated rings. The SMILES string of the molecule is COc1ccc(-c2nnc(CN(NC(=O)OC(C)(C)C)C(=O)c3c(C(=O)N4CCCC4)[nH]c4cc(Cl)ccc4c3=O)o2)cc1. The molecule has 1 saturated heterocycles. The monoisotopic (exact) mass is 622 g/mol. The van der Waals surface area contributed by atoms with Crippen LogP contribution in [0.3, 0.4) is 0 Å². The molecule has 1 aliphatic heterocycles. The van der Waals surface area contributed by atoms with Crippen LogP contribution in [0.25, 0.3) is 22.4 Å². The maximum Gasteiger partial charge on any atom is 0.426 e. The van der Waals surface area contributed by atoms with E-state index >= 15 is 0 Å². The third kappa shape index (κ3) is 6.67. The average molecular weight is 623 g/mol. The van der Waals surface area contributed by atoms with E-state index in [1.807, 2.05) is 0 Å². The number of ether oxygens (including phenoxy) is 2. The highest BCUT2D eigenvalue weighted by molar-refractivity contribution is 6.31. The minimum atomic E-state index is -0.985. The maximum atomic E-state index is 14.2. The molecule has 230 valence electrons. The van der Waals surface area contributed by atoms with Crippen LogP contribution in [0.2, 0.25) is 5.02 Å². The summed E-state index contributed by atoms with van der Waals surface area (Å²) in [5.41, 5.74) is 0.944. The van der Waals surface area contributed by atoms with E-state index in [0.29, 0.717) is 29.4 Å². The highest BCUT2D eigenvalue weighted by Crippen LogP contribution is 2.23. The molecule has 2 aromatic carbocycles. The van der Waals surface area contributed by atoms with Crippen LogP contribution in [0, 0.1) is 0 Å². The van der Waals surface area contributed by atoms with E-state index in [2.05, 4.69) is 20.6 Å². The van der Waals surface area contributed by atoms with Crippen LogP contribution in [0.5, 0.6) is 5.75 Å². The van der Waals surface area contributed by atoms with Crippen LogP contribution >= 0.6 is 11.6 Å². The summed E-state index contributed by atoms with van der Waals surface area (Å²) in [4.78, 5) is 59.1. The topological polar surface area (TPSA) is 160 Å². The number of benzene rings is 2. The van der Waals surface area contributed by atoms with E-state index in [4.69, 9.17) is 25.5 Å². The molecule has 4 aromatic rings. The lowest BCUT2D eigenvalue weighted by Crippen LogP contribution is -2.49. The van der Waals surface area contributed by atoms with Crippen molar-refractivity contribution in [1.82, 2.24) is 30.5 Å². The number of H-pyrrole nitrogens is 1. The highest BCUT2D eigenvalue weighted by Gasteiger charge is 2.33. The molecule has 0 aliphatic carbocycles. The van der Waals surface area contributed by atoms with Crippen molar-refractivity contribution in [2.45, 2.75) is 45.8 Å². The van der Waals surface area contributed by atoms with Crippen molar-refractivity contribution < 1.29 is 28.3 Å². The van der Waals surface area contributed by atoms with E-state index in [1.165, 1.54) is 18.2 Å². The van der Waals surface area contributed by atoms with E-state index in [9.17, 15) is 19.2 Å². The molecular weight excluding hydrogens is 592 g/mol. The maximum absolute atomic E-state index is 14.2. The van der Waals surface area contributed by atoms with Gasteiger partial charge in [-0.05, 0) is 76.1 Å². The fourth-order valence-corrected chi connectivity index (χ4v) is 4.89. The van der Waals surface area contributed by atoms with Gasteiger partial charge in [-0.25, -0.2) is 15.2 Å². The van der Waals surface area contributed by atoms with E-state index < -0.39 is 41.0 Å². The Morgan fingerprint density at radius 1 is 1.09 bits per heavy atom. The molecule has 0 saturated carbocycles. The van der Waals surface area contributed by atoms with Gasteiger partial charge in [0, 0.05) is 29.1 Å². The van der Waals surface area contributed by atoms with Crippen LogP contribution < -0.4 is 15.6 Å². The molecule has 14 heteroatoms. The number of likely N-dealkylation sites (tertiary alicyclic amines) is 1. The Labute approximate surface area is 257 Å². The molecule has 0 atom stereocenters. The van der Waals surface area contributed by atoms with Gasteiger partial charge in [-0.1, -0.05) is 11.6 Å². The molecule has 3 amide bonds. The summed E-state index contributed by atoms with van der Waals surface area (Å²) in [6.45, 7) is 5.46. The van der Waals surface area contributed by atoms with Gasteiger partial charge < -0.3 is 23.8 Å². The molecule has 5 rings (SSSR count). The molecule has 0 bridgehead atoms. The third-order valence-electron chi connectivity index (χ3n) is 6.75. The standard InChI is InChI=1S/C30H31ClN6O7/c1-30(2,3)44-29(41)35-37(16-22-33-34-26(43-22)17-7-10-19(42-4)11-8-17)27(39)23-24(28(40)36-13-5-6-14-36)32-21-15-18(31)9-12-20(21)25(23)38/h7-12,15H,5-6,13-14,16H2,1-4H3,(H,32,38)(H,35,41). The Balaban J connectivity index is 1.56. The summed E-state index contributed by atoms with van der Waals surface area (Å²) in [5, 5.41) is 9.36. The number of halogens is 1. The van der Waals surface area contributed by atoms with Crippen LogP contribution in [-0.2, 0) is 11.3 Å². The molecule has 13 nitrogen and oxygen atoms in total. The third-order valence-corrected chi connectivity index (χ3v) is 6.99. The number of hydrogen-bond donors (Lipinski definition) is 2. The number of aromatic amines is 1. The minimum absolute atomic E-state index is 0.0587. The first-order valence-corrected chi connectivity index (χ1v) is 14.2. The second-order valence-electron chi connectivity index (χ2n) is 11.1. The molecule has 44 heavy (non-hydrogen) atoms. The summed E-state index contributed by atoms with van der Waals surface area (Å²) in [6, 6.07) is 11.3. The minimum Gasteiger partial charge on any atom is -0.497 e. The van der Waals surface area contributed by atoms with Crippen molar-refractivity contribution in [3.8, 4) is 17.2 Å². The fourth-order valence-electron chi connectivity index (χ4n) is 4.72. The lowest BCUT2D eigenvalue weighted by Gasteiger charge is -2.26. The Hall–Kier alpha value is -4.91. The zero-order valence-electron chi connectivity index (χ0n) is 24.6. The molecule has 0 radical (unpaired) electrons. The zero-order chi connectivity index (χ0) is 31.6. The van der Waals surface area contributed by atoms with E-state index in [-0.39, 0.29) is 28.4 Å². The van der Waals surface area contributed by atoms with Gasteiger partial charge in [0.2, 0.25) is 17.2 Å². The first-order valence-electron chi connectivity index (χ1n) is 13.9. The largest absolute Gasteiger partial charge is 0.497 e. The van der Waals surface area contributed by atoms with Crippen LogP contribution in [0.4, 0.5) is 4.79 Å². The summed E-state index contributed by atoms with van der Waals surface area (Å²) in [7, 11) is 1.54. The normalized spacial score (nSPS) is 13.2. The fraction of sp³-hybridized carbons (Fsp3) is 0.333. The van der Waals surface area contributed by atoms with E-state index in [0.717, 1.165) is 17.9 Å². The van der Waals surface area contributed by atoms with Crippen molar-refractivity contribution in [2.24, 2.45) is 0 Å². The predicted molar refractivity (Wildman–Crippen MR) is 160 cm³/mol. The first-order chi connectivity index (χ1) is 20.9. The van der Waals surface area contributed by atoms with Crippen molar-refractivity contribution in [2.75, 3.05) is 20.2 Å². The van der Waals surface area contributed by atoms with E-state index in [1.54, 1.807) is 57.0 Å². The number of nitrogens with zero attached hydrogens (tertiary/aromatic N) is 4. The van der Waals surface area contributed by atoms with Crippen LogP contribution in [0.1, 0.15) is 60.4 Å². The molecule has 2 aromatic heterocycles. The van der Waals surface area contributed by atoms with Crippen LogP contribution in [-0.4, -0.2) is 68.8 Å². The van der Waals surface area contributed by atoms with Gasteiger partial charge in [-0.15, -0.1) is 10.2 Å². The predicted octanol–water partition coefficient (Wildman–Crippen LogP) is 4.56. The summed E-state index contributed by atoms with van der Waals surface area (Å²) >= 11 is 6.16. The average Bonchev–Trinajstić information content (AvgIpc) is 3.68. The second kappa shape index (κ2) is 12.4. The summed E-state index contributed by atoms with van der Waals surface area (Å²) < 4.78 is 16.3. The highest BCUT2D eigenvalue weighted by atomic mass is 35.5. The number of amides is 3. The number of rotatable bonds is 6. The number of aromatic nitrogens is 3. The lowest BCUT2D eigenvalue weighted by atomic mass is 10.1. The van der Waals surface area contributed by atoms with Gasteiger partial charge in [-0.2, -0.15) is 0 Å². The number of nitrogens with one attached hydrogen (secondary N) is 2. The number of carbonyl (C=O) groups is 3. The first kappa shape index (κ1) is 30.5. The molecule has 0 unspecified atom stereocenters. The number of methoxy groups -OCH3 is 1. The van der Waals surface area contributed by atoms with Gasteiger partial charge in [0.1, 0.15) is 29.2 Å². The Morgan fingerprint density at radius 3 is 2.45 bits per heavy atom. The molecule has 3 heterocycles. The Kier molecular flexibility index (Phi) is 8.59. The molecule has 2 N–H and O–H groups in total. The van der Waals surface area contributed by atoms with Gasteiger partial charge in [0.25, 0.3) is 11.8 Å².